The quantitative estimate of drug-likeness (QED) is 0.838. The second kappa shape index (κ2) is 7.45. The number of ether oxygens (including phenoxy) is 2. The minimum Gasteiger partial charge on any atom is -0.376 e. The number of carbonyl (C=O) groups excluding carboxylic acids is 1. The number of hydrogen-bond donors (Lipinski definition) is 0. The van der Waals surface area contributed by atoms with Crippen LogP contribution < -0.4 is 0 Å². The number of benzene rings is 1. The van der Waals surface area contributed by atoms with Crippen LogP contribution in [0.1, 0.15) is 44.6 Å². The zero-order chi connectivity index (χ0) is 16.2. The van der Waals surface area contributed by atoms with Crippen LogP contribution in [0.15, 0.2) is 30.3 Å². The molecule has 0 unspecified atom stereocenters. The van der Waals surface area contributed by atoms with Crippen molar-refractivity contribution in [2.24, 2.45) is 0 Å². The van der Waals surface area contributed by atoms with E-state index in [1.54, 1.807) is 0 Å². The number of hydrogen-bond acceptors (Lipinski definition) is 3. The molecular weight excluding hydrogens is 290 g/mol. The van der Waals surface area contributed by atoms with E-state index in [2.05, 4.69) is 38.1 Å². The monoisotopic (exact) mass is 317 g/mol. The van der Waals surface area contributed by atoms with Crippen molar-refractivity contribution in [3.8, 4) is 0 Å². The summed E-state index contributed by atoms with van der Waals surface area (Å²) in [5.41, 5.74) is 1.32. The lowest BCUT2D eigenvalue weighted by Crippen LogP contribution is -2.42. The number of nitrogens with zero attached hydrogens (tertiary/aromatic N) is 1. The van der Waals surface area contributed by atoms with E-state index in [-0.39, 0.29) is 30.7 Å². The Morgan fingerprint density at radius 3 is 2.78 bits per heavy atom. The molecule has 2 aliphatic rings. The number of rotatable bonds is 5. The molecule has 0 saturated carbocycles. The first-order valence-corrected chi connectivity index (χ1v) is 8.72. The molecule has 0 radical (unpaired) electrons. The SMILES string of the molecule is C[C@@H]1C[C@H](c2ccccc2)[C@H](C)N1C(=O)COC[C@H]1CCCO1. The third-order valence-electron chi connectivity index (χ3n) is 5.16. The van der Waals surface area contributed by atoms with Crippen molar-refractivity contribution in [3.63, 3.8) is 0 Å². The summed E-state index contributed by atoms with van der Waals surface area (Å²) >= 11 is 0. The predicted octanol–water partition coefficient (Wildman–Crippen LogP) is 2.98. The van der Waals surface area contributed by atoms with Crippen LogP contribution in [0.5, 0.6) is 0 Å². The average molecular weight is 317 g/mol. The molecule has 23 heavy (non-hydrogen) atoms. The maximum atomic E-state index is 12.6. The van der Waals surface area contributed by atoms with Crippen molar-refractivity contribution < 1.29 is 14.3 Å². The summed E-state index contributed by atoms with van der Waals surface area (Å²) in [5.74, 6) is 0.509. The summed E-state index contributed by atoms with van der Waals surface area (Å²) in [6, 6.07) is 11.0. The van der Waals surface area contributed by atoms with Gasteiger partial charge in [0.1, 0.15) is 6.61 Å². The molecule has 4 nitrogen and oxygen atoms in total. The topological polar surface area (TPSA) is 38.8 Å². The molecule has 1 amide bonds. The second-order valence-electron chi connectivity index (χ2n) is 6.79. The van der Waals surface area contributed by atoms with Gasteiger partial charge < -0.3 is 14.4 Å². The van der Waals surface area contributed by atoms with Crippen LogP contribution in [-0.2, 0) is 14.3 Å². The largest absolute Gasteiger partial charge is 0.376 e. The van der Waals surface area contributed by atoms with E-state index < -0.39 is 0 Å². The zero-order valence-corrected chi connectivity index (χ0v) is 14.1. The molecule has 0 aliphatic carbocycles. The minimum absolute atomic E-state index is 0.0985. The van der Waals surface area contributed by atoms with E-state index in [1.807, 2.05) is 11.0 Å². The Bertz CT molecular complexity index is 513. The molecule has 126 valence electrons. The molecule has 2 heterocycles. The van der Waals surface area contributed by atoms with Crippen LogP contribution in [0.25, 0.3) is 0 Å². The van der Waals surface area contributed by atoms with Gasteiger partial charge in [0.05, 0.1) is 12.7 Å². The van der Waals surface area contributed by atoms with Gasteiger partial charge in [0.15, 0.2) is 0 Å². The van der Waals surface area contributed by atoms with E-state index in [0.717, 1.165) is 25.9 Å². The number of amides is 1. The highest BCUT2D eigenvalue weighted by atomic mass is 16.5. The van der Waals surface area contributed by atoms with E-state index in [9.17, 15) is 4.79 Å². The molecule has 1 aromatic rings. The summed E-state index contributed by atoms with van der Waals surface area (Å²) in [4.78, 5) is 14.6. The minimum atomic E-state index is 0.0985. The van der Waals surface area contributed by atoms with Crippen LogP contribution in [0.4, 0.5) is 0 Å². The Kier molecular flexibility index (Phi) is 5.34. The van der Waals surface area contributed by atoms with Crippen molar-refractivity contribution in [2.75, 3.05) is 19.8 Å². The third-order valence-corrected chi connectivity index (χ3v) is 5.16. The summed E-state index contributed by atoms with van der Waals surface area (Å²) in [6.07, 6.45) is 3.33. The summed E-state index contributed by atoms with van der Waals surface area (Å²) in [6.45, 7) is 5.80. The van der Waals surface area contributed by atoms with Gasteiger partial charge in [-0.15, -0.1) is 0 Å². The highest BCUT2D eigenvalue weighted by molar-refractivity contribution is 5.78. The number of likely N-dealkylation sites (tertiary alicyclic amines) is 1. The molecule has 1 aromatic carbocycles. The van der Waals surface area contributed by atoms with Crippen LogP contribution in [-0.4, -0.2) is 48.8 Å². The molecule has 4 heteroatoms. The standard InChI is InChI=1S/C19H27NO3/c1-14-11-18(16-7-4-3-5-8-16)15(2)20(14)19(21)13-22-12-17-9-6-10-23-17/h3-5,7-8,14-15,17-18H,6,9-13H2,1-2H3/t14-,15+,17-,18+/m1/s1. The van der Waals surface area contributed by atoms with Gasteiger partial charge in [-0.05, 0) is 38.7 Å². The first kappa shape index (κ1) is 16.5. The lowest BCUT2D eigenvalue weighted by Gasteiger charge is -2.28. The summed E-state index contributed by atoms with van der Waals surface area (Å²) in [7, 11) is 0. The molecule has 2 fully saturated rings. The van der Waals surface area contributed by atoms with Gasteiger partial charge in [-0.25, -0.2) is 0 Å². The molecule has 2 saturated heterocycles. The first-order chi connectivity index (χ1) is 11.2. The van der Waals surface area contributed by atoms with Crippen LogP contribution in [0, 0.1) is 0 Å². The molecule has 0 spiro atoms. The first-order valence-electron chi connectivity index (χ1n) is 8.72. The fraction of sp³-hybridized carbons (Fsp3) is 0.632. The molecule has 3 rings (SSSR count). The second-order valence-corrected chi connectivity index (χ2v) is 6.79. The van der Waals surface area contributed by atoms with Gasteiger partial charge in [0, 0.05) is 24.6 Å². The highest BCUT2D eigenvalue weighted by Crippen LogP contribution is 2.37. The molecular formula is C19H27NO3. The smallest absolute Gasteiger partial charge is 0.249 e. The highest BCUT2D eigenvalue weighted by Gasteiger charge is 2.39. The maximum Gasteiger partial charge on any atom is 0.249 e. The molecule has 4 atom stereocenters. The third kappa shape index (κ3) is 3.75. The van der Waals surface area contributed by atoms with Gasteiger partial charge in [0.2, 0.25) is 5.91 Å². The van der Waals surface area contributed by atoms with Crippen molar-refractivity contribution in [3.05, 3.63) is 35.9 Å². The van der Waals surface area contributed by atoms with E-state index in [1.165, 1.54) is 5.56 Å². The summed E-state index contributed by atoms with van der Waals surface area (Å²) < 4.78 is 11.1. The van der Waals surface area contributed by atoms with Gasteiger partial charge in [0.25, 0.3) is 0 Å². The fourth-order valence-corrected chi connectivity index (χ4v) is 3.99. The molecule has 0 aromatic heterocycles. The van der Waals surface area contributed by atoms with Gasteiger partial charge in [-0.3, -0.25) is 4.79 Å². The van der Waals surface area contributed by atoms with Crippen molar-refractivity contribution in [1.82, 2.24) is 4.90 Å². The average Bonchev–Trinajstić information content (AvgIpc) is 3.16. The number of carbonyl (C=O) groups is 1. The van der Waals surface area contributed by atoms with Crippen molar-refractivity contribution in [2.45, 2.75) is 57.2 Å². The van der Waals surface area contributed by atoms with Crippen LogP contribution >= 0.6 is 0 Å². The Labute approximate surface area is 138 Å². The Morgan fingerprint density at radius 1 is 1.30 bits per heavy atom. The molecule has 0 bridgehead atoms. The normalized spacial score (nSPS) is 30.8. The van der Waals surface area contributed by atoms with Crippen LogP contribution in [0.2, 0.25) is 0 Å². The van der Waals surface area contributed by atoms with E-state index in [4.69, 9.17) is 9.47 Å². The van der Waals surface area contributed by atoms with Gasteiger partial charge in [-0.1, -0.05) is 30.3 Å². The fourth-order valence-electron chi connectivity index (χ4n) is 3.99. The van der Waals surface area contributed by atoms with Gasteiger partial charge >= 0.3 is 0 Å². The van der Waals surface area contributed by atoms with Crippen molar-refractivity contribution in [1.29, 1.82) is 0 Å². The van der Waals surface area contributed by atoms with Crippen molar-refractivity contribution >= 4 is 5.91 Å². The zero-order valence-electron chi connectivity index (χ0n) is 14.1. The molecule has 2 aliphatic heterocycles. The lowest BCUT2D eigenvalue weighted by atomic mass is 9.92. The van der Waals surface area contributed by atoms with E-state index >= 15 is 0 Å². The maximum absolute atomic E-state index is 12.6. The predicted molar refractivity (Wildman–Crippen MR) is 89.4 cm³/mol. The lowest BCUT2D eigenvalue weighted by molar-refractivity contribution is -0.139. The van der Waals surface area contributed by atoms with Gasteiger partial charge in [-0.2, -0.15) is 0 Å². The molecule has 0 N–H and O–H groups in total. The Hall–Kier alpha value is -1.39. The Balaban J connectivity index is 1.55. The van der Waals surface area contributed by atoms with E-state index in [0.29, 0.717) is 12.5 Å². The van der Waals surface area contributed by atoms with Crippen LogP contribution in [0.3, 0.4) is 0 Å². The summed E-state index contributed by atoms with van der Waals surface area (Å²) in [5, 5.41) is 0. The Morgan fingerprint density at radius 2 is 2.09 bits per heavy atom.